The first-order chi connectivity index (χ1) is 9.00. The number of hydrogen-bond donors (Lipinski definition) is 1. The van der Waals surface area contributed by atoms with Gasteiger partial charge in [-0.05, 0) is 31.5 Å². The number of aromatic nitrogens is 2. The van der Waals surface area contributed by atoms with Crippen molar-refractivity contribution >= 4 is 0 Å². The van der Waals surface area contributed by atoms with Crippen molar-refractivity contribution in [3.63, 3.8) is 0 Å². The fourth-order valence-corrected chi connectivity index (χ4v) is 1.60. The number of hydrogen-bond acceptors (Lipinski definition) is 4. The second kappa shape index (κ2) is 5.05. The zero-order valence-electron chi connectivity index (χ0n) is 10.8. The van der Waals surface area contributed by atoms with Crippen LogP contribution >= 0.6 is 0 Å². The molecule has 1 atom stereocenters. The zero-order chi connectivity index (χ0) is 14.0. The van der Waals surface area contributed by atoms with E-state index in [2.05, 4.69) is 10.1 Å². The average molecular weight is 267 g/mol. The van der Waals surface area contributed by atoms with Crippen LogP contribution in [0.2, 0.25) is 0 Å². The fraction of sp³-hybridized carbons (Fsp3) is 0.385. The molecule has 0 fully saturated rings. The first-order valence-electron chi connectivity index (χ1n) is 6.00. The van der Waals surface area contributed by atoms with Crippen LogP contribution in [0.1, 0.15) is 26.2 Å². The van der Waals surface area contributed by atoms with Gasteiger partial charge in [0.1, 0.15) is 0 Å². The number of nitrogens with zero attached hydrogens (tertiary/aromatic N) is 2. The Hall–Kier alpha value is -1.82. The van der Waals surface area contributed by atoms with E-state index in [1.54, 1.807) is 0 Å². The normalized spacial score (nSPS) is 14.4. The Morgan fingerprint density at radius 3 is 2.63 bits per heavy atom. The van der Waals surface area contributed by atoms with Gasteiger partial charge in [-0.1, -0.05) is 12.1 Å². The summed E-state index contributed by atoms with van der Waals surface area (Å²) in [7, 11) is 0. The highest BCUT2D eigenvalue weighted by Gasteiger charge is 2.29. The van der Waals surface area contributed by atoms with Crippen LogP contribution in [0, 0.1) is 11.6 Å². The molecule has 1 unspecified atom stereocenters. The lowest BCUT2D eigenvalue weighted by Crippen LogP contribution is -2.31. The Morgan fingerprint density at radius 1 is 1.32 bits per heavy atom. The van der Waals surface area contributed by atoms with Crippen LogP contribution in [0.3, 0.4) is 0 Å². The van der Waals surface area contributed by atoms with E-state index in [-0.39, 0.29) is 5.82 Å². The molecule has 0 saturated carbocycles. The maximum atomic E-state index is 13.2. The molecule has 0 aliphatic carbocycles. The van der Waals surface area contributed by atoms with Gasteiger partial charge in [-0.3, -0.25) is 0 Å². The van der Waals surface area contributed by atoms with Crippen LogP contribution in [-0.4, -0.2) is 16.7 Å². The number of halogens is 2. The summed E-state index contributed by atoms with van der Waals surface area (Å²) in [4.78, 5) is 4.22. The highest BCUT2D eigenvalue weighted by Crippen LogP contribution is 2.27. The maximum Gasteiger partial charge on any atom is 0.234 e. The van der Waals surface area contributed by atoms with Gasteiger partial charge in [-0.25, -0.2) is 8.78 Å². The molecular formula is C13H15F2N3O. The van der Waals surface area contributed by atoms with Crippen LogP contribution in [-0.2, 0) is 5.41 Å². The van der Waals surface area contributed by atoms with Crippen LogP contribution in [0.5, 0.6) is 0 Å². The molecule has 2 aromatic rings. The van der Waals surface area contributed by atoms with Gasteiger partial charge in [0.15, 0.2) is 11.6 Å². The summed E-state index contributed by atoms with van der Waals surface area (Å²) in [6.45, 7) is 4.24. The molecule has 19 heavy (non-hydrogen) atoms. The lowest BCUT2D eigenvalue weighted by molar-refractivity contribution is 0.291. The third kappa shape index (κ3) is 2.49. The van der Waals surface area contributed by atoms with E-state index in [0.717, 1.165) is 18.6 Å². The molecule has 102 valence electrons. The predicted molar refractivity (Wildman–Crippen MR) is 66.3 cm³/mol. The molecule has 6 heteroatoms. The predicted octanol–water partition coefficient (Wildman–Crippen LogP) is 2.64. The first kappa shape index (κ1) is 13.6. The van der Waals surface area contributed by atoms with E-state index in [1.165, 1.54) is 6.07 Å². The van der Waals surface area contributed by atoms with Crippen molar-refractivity contribution in [1.29, 1.82) is 0 Å². The summed E-state index contributed by atoms with van der Waals surface area (Å²) in [6, 6.07) is 3.47. The van der Waals surface area contributed by atoms with Gasteiger partial charge in [0.2, 0.25) is 11.7 Å². The van der Waals surface area contributed by atoms with Gasteiger partial charge in [-0.15, -0.1) is 0 Å². The first-order valence-corrected chi connectivity index (χ1v) is 6.00. The van der Waals surface area contributed by atoms with E-state index in [4.69, 9.17) is 10.3 Å². The lowest BCUT2D eigenvalue weighted by Gasteiger charge is -2.20. The third-order valence-corrected chi connectivity index (χ3v) is 3.35. The molecule has 1 aromatic heterocycles. The van der Waals surface area contributed by atoms with E-state index in [9.17, 15) is 8.78 Å². The highest BCUT2D eigenvalue weighted by atomic mass is 19.2. The molecule has 0 saturated heterocycles. The minimum absolute atomic E-state index is 0.224. The van der Waals surface area contributed by atoms with E-state index < -0.39 is 17.0 Å². The van der Waals surface area contributed by atoms with E-state index in [1.807, 2.05) is 13.8 Å². The topological polar surface area (TPSA) is 64.9 Å². The minimum atomic E-state index is -0.944. The molecule has 0 amide bonds. The smallest absolute Gasteiger partial charge is 0.234 e. The molecule has 0 bridgehead atoms. The Labute approximate surface area is 109 Å². The lowest BCUT2D eigenvalue weighted by atomic mass is 9.88. The number of rotatable bonds is 4. The molecule has 1 aromatic carbocycles. The van der Waals surface area contributed by atoms with Crippen LogP contribution < -0.4 is 5.73 Å². The van der Waals surface area contributed by atoms with Gasteiger partial charge in [0.05, 0.1) is 5.41 Å². The molecular weight excluding hydrogens is 252 g/mol. The molecule has 1 heterocycles. The average Bonchev–Trinajstić information content (AvgIpc) is 2.91. The van der Waals surface area contributed by atoms with Crippen molar-refractivity contribution in [2.24, 2.45) is 5.73 Å². The molecule has 2 N–H and O–H groups in total. The SMILES string of the molecule is CCC(C)(CN)c1nc(-c2ccc(F)c(F)c2)no1. The molecule has 0 spiro atoms. The van der Waals surface area contributed by atoms with Gasteiger partial charge in [-0.2, -0.15) is 4.98 Å². The summed E-state index contributed by atoms with van der Waals surface area (Å²) in [5, 5.41) is 3.79. The van der Waals surface area contributed by atoms with Crippen molar-refractivity contribution in [2.45, 2.75) is 25.7 Å². The summed E-state index contributed by atoms with van der Waals surface area (Å²) in [6.07, 6.45) is 0.739. The summed E-state index contributed by atoms with van der Waals surface area (Å²) in [5.41, 5.74) is 5.66. The van der Waals surface area contributed by atoms with Crippen molar-refractivity contribution < 1.29 is 13.3 Å². The Kier molecular flexibility index (Phi) is 3.61. The molecule has 0 radical (unpaired) electrons. The zero-order valence-corrected chi connectivity index (χ0v) is 10.8. The fourth-order valence-electron chi connectivity index (χ4n) is 1.60. The van der Waals surface area contributed by atoms with E-state index in [0.29, 0.717) is 18.0 Å². The third-order valence-electron chi connectivity index (χ3n) is 3.35. The number of benzene rings is 1. The Balaban J connectivity index is 2.38. The summed E-state index contributed by atoms with van der Waals surface area (Å²) in [5.74, 6) is -1.23. The monoisotopic (exact) mass is 267 g/mol. The second-order valence-corrected chi connectivity index (χ2v) is 4.67. The molecule has 4 nitrogen and oxygen atoms in total. The van der Waals surface area contributed by atoms with Crippen LogP contribution in [0.15, 0.2) is 22.7 Å². The largest absolute Gasteiger partial charge is 0.338 e. The summed E-state index contributed by atoms with van der Waals surface area (Å²) >= 11 is 0. The van der Waals surface area contributed by atoms with Gasteiger partial charge < -0.3 is 10.3 Å². The Morgan fingerprint density at radius 2 is 2.05 bits per heavy atom. The number of nitrogens with two attached hydrogens (primary N) is 1. The Bertz CT molecular complexity index is 579. The highest BCUT2D eigenvalue weighted by molar-refractivity contribution is 5.54. The van der Waals surface area contributed by atoms with Crippen LogP contribution in [0.25, 0.3) is 11.4 Å². The summed E-state index contributed by atoms with van der Waals surface area (Å²) < 4.78 is 31.2. The standard InChI is InChI=1S/C13H15F2N3O/c1-3-13(2,7-16)12-17-11(18-19-12)8-4-5-9(14)10(15)6-8/h4-6H,3,7,16H2,1-2H3. The van der Waals surface area contributed by atoms with Crippen molar-refractivity contribution in [3.8, 4) is 11.4 Å². The maximum absolute atomic E-state index is 13.2. The van der Waals surface area contributed by atoms with E-state index >= 15 is 0 Å². The molecule has 2 rings (SSSR count). The minimum Gasteiger partial charge on any atom is -0.338 e. The quantitative estimate of drug-likeness (QED) is 0.924. The van der Waals surface area contributed by atoms with Gasteiger partial charge in [0.25, 0.3) is 0 Å². The molecule has 0 aliphatic rings. The van der Waals surface area contributed by atoms with Crippen LogP contribution in [0.4, 0.5) is 8.78 Å². The second-order valence-electron chi connectivity index (χ2n) is 4.67. The van der Waals surface area contributed by atoms with Crippen molar-refractivity contribution in [3.05, 3.63) is 35.7 Å². The van der Waals surface area contributed by atoms with Crippen molar-refractivity contribution in [2.75, 3.05) is 6.54 Å². The van der Waals surface area contributed by atoms with Crippen molar-refractivity contribution in [1.82, 2.24) is 10.1 Å². The molecule has 0 aliphatic heterocycles. The van der Waals surface area contributed by atoms with Gasteiger partial charge in [0, 0.05) is 12.1 Å². The van der Waals surface area contributed by atoms with Gasteiger partial charge >= 0.3 is 0 Å².